The van der Waals surface area contributed by atoms with Gasteiger partial charge in [0, 0.05) is 5.54 Å². The first-order valence-corrected chi connectivity index (χ1v) is 4.72. The molecule has 0 aromatic heterocycles. The lowest BCUT2D eigenvalue weighted by molar-refractivity contribution is -0.0497. The Balaban J connectivity index is 2.98. The number of alkyl halides is 2. The second-order valence-corrected chi connectivity index (χ2v) is 4.15. The van der Waals surface area contributed by atoms with Crippen LogP contribution in [0.25, 0.3) is 0 Å². The first-order chi connectivity index (χ1) is 6.80. The molecule has 5 heteroatoms. The van der Waals surface area contributed by atoms with Crippen LogP contribution >= 0.6 is 11.6 Å². The Bertz CT molecular complexity index is 350. The van der Waals surface area contributed by atoms with E-state index in [1.807, 2.05) is 0 Å². The summed E-state index contributed by atoms with van der Waals surface area (Å²) in [6.45, 7) is 0.720. The first-order valence-electron chi connectivity index (χ1n) is 4.34. The maximum atomic E-state index is 11.9. The average molecular weight is 236 g/mol. The number of ether oxygens (including phenoxy) is 1. The van der Waals surface area contributed by atoms with E-state index in [4.69, 9.17) is 17.3 Å². The molecule has 2 N–H and O–H groups in total. The van der Waals surface area contributed by atoms with Crippen molar-refractivity contribution in [1.29, 1.82) is 0 Å². The van der Waals surface area contributed by atoms with Crippen molar-refractivity contribution in [3.8, 4) is 5.75 Å². The minimum atomic E-state index is -2.88. The normalized spacial score (nSPS) is 11.9. The van der Waals surface area contributed by atoms with Crippen LogP contribution in [0, 0.1) is 0 Å². The van der Waals surface area contributed by atoms with Crippen molar-refractivity contribution in [2.45, 2.75) is 26.0 Å². The number of rotatable bonds is 3. The van der Waals surface area contributed by atoms with Gasteiger partial charge in [0.15, 0.2) is 0 Å². The summed E-state index contributed by atoms with van der Waals surface area (Å²) in [6, 6.07) is 4.53. The Labute approximate surface area is 92.0 Å². The Kier molecular flexibility index (Phi) is 3.52. The third-order valence-electron chi connectivity index (χ3n) is 1.89. The van der Waals surface area contributed by atoms with Gasteiger partial charge in [-0.05, 0) is 31.5 Å². The van der Waals surface area contributed by atoms with Crippen LogP contribution in [-0.4, -0.2) is 6.61 Å². The number of benzene rings is 1. The van der Waals surface area contributed by atoms with E-state index in [1.54, 1.807) is 19.9 Å². The van der Waals surface area contributed by atoms with Crippen LogP contribution < -0.4 is 10.5 Å². The largest absolute Gasteiger partial charge is 0.433 e. The molecule has 0 aliphatic rings. The van der Waals surface area contributed by atoms with Gasteiger partial charge in [0.05, 0.1) is 5.02 Å². The average Bonchev–Trinajstić information content (AvgIpc) is 2.05. The molecule has 0 heterocycles. The quantitative estimate of drug-likeness (QED) is 0.874. The van der Waals surface area contributed by atoms with E-state index in [1.165, 1.54) is 12.1 Å². The van der Waals surface area contributed by atoms with Crippen molar-refractivity contribution in [3.05, 3.63) is 28.8 Å². The summed E-state index contributed by atoms with van der Waals surface area (Å²) in [5.41, 5.74) is 6.03. The Morgan fingerprint density at radius 1 is 1.40 bits per heavy atom. The van der Waals surface area contributed by atoms with Gasteiger partial charge in [-0.1, -0.05) is 17.7 Å². The highest BCUT2D eigenvalue weighted by molar-refractivity contribution is 6.32. The lowest BCUT2D eigenvalue weighted by atomic mass is 9.96. The van der Waals surface area contributed by atoms with Crippen molar-refractivity contribution >= 4 is 11.6 Å². The number of nitrogens with two attached hydrogens (primary N) is 1. The third kappa shape index (κ3) is 3.32. The van der Waals surface area contributed by atoms with E-state index in [0.29, 0.717) is 0 Å². The predicted octanol–water partition coefficient (Wildman–Crippen LogP) is 3.14. The molecule has 0 saturated heterocycles. The summed E-state index contributed by atoms with van der Waals surface area (Å²) in [6.07, 6.45) is 0. The molecule has 0 amide bonds. The summed E-state index contributed by atoms with van der Waals surface area (Å²) in [4.78, 5) is 0. The molecule has 0 aliphatic carbocycles. The molecule has 0 aliphatic heterocycles. The third-order valence-corrected chi connectivity index (χ3v) is 2.19. The molecule has 15 heavy (non-hydrogen) atoms. The van der Waals surface area contributed by atoms with Crippen molar-refractivity contribution in [2.24, 2.45) is 5.73 Å². The van der Waals surface area contributed by atoms with Crippen LogP contribution in [-0.2, 0) is 5.54 Å². The molecule has 84 valence electrons. The van der Waals surface area contributed by atoms with E-state index < -0.39 is 12.2 Å². The molecule has 1 aromatic rings. The summed E-state index contributed by atoms with van der Waals surface area (Å²) >= 11 is 5.77. The Morgan fingerprint density at radius 3 is 2.40 bits per heavy atom. The van der Waals surface area contributed by atoms with E-state index in [0.717, 1.165) is 5.56 Å². The number of halogens is 3. The molecule has 0 fully saturated rings. The lowest BCUT2D eigenvalue weighted by Gasteiger charge is -2.20. The van der Waals surface area contributed by atoms with Crippen molar-refractivity contribution in [1.82, 2.24) is 0 Å². The van der Waals surface area contributed by atoms with Gasteiger partial charge in [0.2, 0.25) is 0 Å². The van der Waals surface area contributed by atoms with Crippen LogP contribution in [0.15, 0.2) is 18.2 Å². The van der Waals surface area contributed by atoms with Crippen molar-refractivity contribution < 1.29 is 13.5 Å². The Morgan fingerprint density at radius 2 is 2.00 bits per heavy atom. The minimum absolute atomic E-state index is 0.0420. The lowest BCUT2D eigenvalue weighted by Crippen LogP contribution is -2.28. The number of hydrogen-bond donors (Lipinski definition) is 1. The van der Waals surface area contributed by atoms with E-state index in [-0.39, 0.29) is 10.8 Å². The van der Waals surface area contributed by atoms with Crippen LogP contribution in [0.3, 0.4) is 0 Å². The van der Waals surface area contributed by atoms with Gasteiger partial charge in [0.1, 0.15) is 5.75 Å². The molecule has 0 bridgehead atoms. The molecule has 0 saturated carbocycles. The van der Waals surface area contributed by atoms with E-state index >= 15 is 0 Å². The second kappa shape index (κ2) is 4.33. The molecule has 2 nitrogen and oxygen atoms in total. The van der Waals surface area contributed by atoms with Gasteiger partial charge in [-0.15, -0.1) is 0 Å². The molecule has 0 radical (unpaired) electrons. The number of hydrogen-bond acceptors (Lipinski definition) is 2. The summed E-state index contributed by atoms with van der Waals surface area (Å²) in [7, 11) is 0. The molecule has 0 unspecified atom stereocenters. The van der Waals surface area contributed by atoms with Crippen LogP contribution in [0.1, 0.15) is 19.4 Å². The molecular weight excluding hydrogens is 224 g/mol. The molecule has 1 rings (SSSR count). The maximum Gasteiger partial charge on any atom is 0.387 e. The monoisotopic (exact) mass is 235 g/mol. The van der Waals surface area contributed by atoms with Gasteiger partial charge in [-0.2, -0.15) is 8.78 Å². The van der Waals surface area contributed by atoms with Crippen LogP contribution in [0.5, 0.6) is 5.75 Å². The standard InChI is InChI=1S/C10H12ClF2NO/c1-10(2,14)6-3-4-8(7(11)5-6)15-9(12)13/h3-5,9H,14H2,1-2H3. The molecule has 0 atom stereocenters. The SMILES string of the molecule is CC(C)(N)c1ccc(OC(F)F)c(Cl)c1. The fourth-order valence-electron chi connectivity index (χ4n) is 1.09. The highest BCUT2D eigenvalue weighted by Gasteiger charge is 2.16. The van der Waals surface area contributed by atoms with Gasteiger partial charge >= 0.3 is 6.61 Å². The topological polar surface area (TPSA) is 35.2 Å². The zero-order valence-corrected chi connectivity index (χ0v) is 9.18. The van der Waals surface area contributed by atoms with Gasteiger partial charge < -0.3 is 10.5 Å². The predicted molar refractivity (Wildman–Crippen MR) is 55.3 cm³/mol. The summed E-state index contributed by atoms with van der Waals surface area (Å²) in [5.74, 6) is -0.0420. The smallest absolute Gasteiger partial charge is 0.387 e. The van der Waals surface area contributed by atoms with Crippen LogP contribution in [0.4, 0.5) is 8.78 Å². The summed E-state index contributed by atoms with van der Waals surface area (Å²) in [5, 5.41) is 0.131. The fourth-order valence-corrected chi connectivity index (χ4v) is 1.32. The fraction of sp³-hybridized carbons (Fsp3) is 0.400. The van der Waals surface area contributed by atoms with E-state index in [9.17, 15) is 8.78 Å². The molecule has 1 aromatic carbocycles. The minimum Gasteiger partial charge on any atom is -0.433 e. The van der Waals surface area contributed by atoms with Crippen molar-refractivity contribution in [3.63, 3.8) is 0 Å². The van der Waals surface area contributed by atoms with Crippen LogP contribution in [0.2, 0.25) is 5.02 Å². The Hall–Kier alpha value is -0.870. The maximum absolute atomic E-state index is 11.9. The highest BCUT2D eigenvalue weighted by Crippen LogP contribution is 2.30. The van der Waals surface area contributed by atoms with Gasteiger partial charge in [0.25, 0.3) is 0 Å². The van der Waals surface area contributed by atoms with Crippen molar-refractivity contribution in [2.75, 3.05) is 0 Å². The zero-order valence-electron chi connectivity index (χ0n) is 8.43. The summed E-state index contributed by atoms with van der Waals surface area (Å²) < 4.78 is 28.1. The van der Waals surface area contributed by atoms with E-state index in [2.05, 4.69) is 4.74 Å². The molecular formula is C10H12ClF2NO. The first kappa shape index (κ1) is 12.2. The van der Waals surface area contributed by atoms with Gasteiger partial charge in [-0.3, -0.25) is 0 Å². The zero-order chi connectivity index (χ0) is 11.6. The van der Waals surface area contributed by atoms with Gasteiger partial charge in [-0.25, -0.2) is 0 Å². The second-order valence-electron chi connectivity index (χ2n) is 3.75. The molecule has 0 spiro atoms. The highest BCUT2D eigenvalue weighted by atomic mass is 35.5.